The van der Waals surface area contributed by atoms with Crippen LogP contribution in [0.3, 0.4) is 0 Å². The third-order valence-corrected chi connectivity index (χ3v) is 6.15. The van der Waals surface area contributed by atoms with E-state index in [1.807, 2.05) is 37.4 Å². The van der Waals surface area contributed by atoms with Crippen molar-refractivity contribution >= 4 is 39.2 Å². The molecule has 1 aromatic carbocycles. The van der Waals surface area contributed by atoms with E-state index in [9.17, 15) is 8.42 Å². The minimum Gasteiger partial charge on any atom is -0.399 e. The van der Waals surface area contributed by atoms with Crippen molar-refractivity contribution in [3.05, 3.63) is 24.3 Å². The second kappa shape index (κ2) is 8.81. The van der Waals surface area contributed by atoms with Crippen molar-refractivity contribution in [3.63, 3.8) is 0 Å². The van der Waals surface area contributed by atoms with E-state index in [1.165, 1.54) is 11.8 Å². The Morgan fingerprint density at radius 3 is 2.50 bits per heavy atom. The van der Waals surface area contributed by atoms with Crippen LogP contribution in [0.2, 0.25) is 0 Å². The summed E-state index contributed by atoms with van der Waals surface area (Å²) in [5.74, 6) is 1.47. The number of anilines is 1. The lowest BCUT2D eigenvalue weighted by Crippen LogP contribution is -2.38. The summed E-state index contributed by atoms with van der Waals surface area (Å²) in [6, 6.07) is 7.48. The summed E-state index contributed by atoms with van der Waals surface area (Å²) in [5.41, 5.74) is 6.32. The number of nitrogens with two attached hydrogens (primary N) is 1. The summed E-state index contributed by atoms with van der Waals surface area (Å²) in [6.07, 6.45) is 2.79. The zero-order valence-electron chi connectivity index (χ0n) is 11.8. The molecule has 0 fully saturated rings. The molecule has 1 unspecified atom stereocenters. The summed E-state index contributed by atoms with van der Waals surface area (Å²) in [4.78, 5) is 1.03. The van der Waals surface area contributed by atoms with Crippen molar-refractivity contribution in [2.24, 2.45) is 0 Å². The van der Waals surface area contributed by atoms with Crippen LogP contribution in [0.4, 0.5) is 5.69 Å². The Morgan fingerprint density at radius 1 is 1.30 bits per heavy atom. The van der Waals surface area contributed by atoms with Gasteiger partial charge in [-0.2, -0.15) is 11.8 Å². The predicted molar refractivity (Wildman–Crippen MR) is 91.0 cm³/mol. The summed E-state index contributed by atoms with van der Waals surface area (Å²) >= 11 is 3.18. The molecule has 0 aromatic heterocycles. The van der Waals surface area contributed by atoms with Gasteiger partial charge in [0.1, 0.15) is 0 Å². The second-order valence-electron chi connectivity index (χ2n) is 4.41. The van der Waals surface area contributed by atoms with Crippen LogP contribution in [0.25, 0.3) is 0 Å². The average Bonchev–Trinajstić information content (AvgIpc) is 2.40. The molecule has 20 heavy (non-hydrogen) atoms. The number of sulfonamides is 1. The van der Waals surface area contributed by atoms with Crippen LogP contribution in [-0.4, -0.2) is 38.0 Å². The van der Waals surface area contributed by atoms with Crippen molar-refractivity contribution in [3.8, 4) is 0 Å². The molecule has 0 spiro atoms. The van der Waals surface area contributed by atoms with Gasteiger partial charge in [-0.1, -0.05) is 6.92 Å². The molecule has 3 N–H and O–H groups in total. The number of thioether (sulfide) groups is 2. The minimum atomic E-state index is -3.20. The van der Waals surface area contributed by atoms with Crippen LogP contribution >= 0.6 is 23.5 Å². The first kappa shape index (κ1) is 17.7. The second-order valence-corrected chi connectivity index (χ2v) is 8.37. The van der Waals surface area contributed by atoms with Crippen LogP contribution in [0.1, 0.15) is 13.3 Å². The molecule has 0 heterocycles. The smallest absolute Gasteiger partial charge is 0.212 e. The van der Waals surface area contributed by atoms with Gasteiger partial charge in [0.25, 0.3) is 0 Å². The lowest BCUT2D eigenvalue weighted by Gasteiger charge is -2.15. The van der Waals surface area contributed by atoms with E-state index in [0.29, 0.717) is 11.4 Å². The highest BCUT2D eigenvalue weighted by molar-refractivity contribution is 8.00. The highest BCUT2D eigenvalue weighted by atomic mass is 32.2. The summed E-state index contributed by atoms with van der Waals surface area (Å²) in [6.45, 7) is 1.99. The molecule has 7 heteroatoms. The zero-order chi connectivity index (χ0) is 15.0. The van der Waals surface area contributed by atoms with Crippen LogP contribution in [0.5, 0.6) is 0 Å². The number of rotatable bonds is 9. The quantitative estimate of drug-likeness (QED) is 0.536. The van der Waals surface area contributed by atoms with Gasteiger partial charge in [-0.15, -0.1) is 11.8 Å². The summed E-state index contributed by atoms with van der Waals surface area (Å²) in [5, 5.41) is 0. The Balaban J connectivity index is 2.41. The van der Waals surface area contributed by atoms with Gasteiger partial charge in [-0.3, -0.25) is 0 Å². The molecule has 1 aromatic rings. The first-order valence-electron chi connectivity index (χ1n) is 6.44. The molecular formula is C13H22N2O2S3. The number of hydrogen-bond donors (Lipinski definition) is 2. The first-order valence-corrected chi connectivity index (χ1v) is 10.5. The molecular weight excluding hydrogens is 312 g/mol. The van der Waals surface area contributed by atoms with Gasteiger partial charge in [-0.05, 0) is 36.9 Å². The van der Waals surface area contributed by atoms with Gasteiger partial charge in [0.05, 0.1) is 5.75 Å². The Morgan fingerprint density at radius 2 is 1.95 bits per heavy atom. The molecule has 0 saturated heterocycles. The van der Waals surface area contributed by atoms with Crippen molar-refractivity contribution < 1.29 is 8.42 Å². The van der Waals surface area contributed by atoms with E-state index < -0.39 is 10.0 Å². The van der Waals surface area contributed by atoms with E-state index in [-0.39, 0.29) is 11.8 Å². The molecule has 114 valence electrons. The van der Waals surface area contributed by atoms with Crippen LogP contribution < -0.4 is 10.5 Å². The summed E-state index contributed by atoms with van der Waals surface area (Å²) in [7, 11) is -3.20. The molecule has 0 bridgehead atoms. The zero-order valence-corrected chi connectivity index (χ0v) is 14.3. The average molecular weight is 335 g/mol. The van der Waals surface area contributed by atoms with Gasteiger partial charge in [0.15, 0.2) is 0 Å². The molecule has 0 saturated carbocycles. The Labute approximate surface area is 130 Å². The largest absolute Gasteiger partial charge is 0.399 e. The SMILES string of the molecule is CCC(CSC)NS(=O)(=O)CCSc1ccc(N)cc1. The fourth-order valence-electron chi connectivity index (χ4n) is 1.58. The van der Waals surface area contributed by atoms with E-state index >= 15 is 0 Å². The molecule has 0 aliphatic rings. The van der Waals surface area contributed by atoms with Gasteiger partial charge in [0, 0.05) is 28.1 Å². The van der Waals surface area contributed by atoms with Crippen molar-refractivity contribution in [2.75, 3.05) is 29.2 Å². The molecule has 0 amide bonds. The Bertz CT molecular complexity index is 489. The lowest BCUT2D eigenvalue weighted by atomic mass is 10.3. The molecule has 0 radical (unpaired) electrons. The lowest BCUT2D eigenvalue weighted by molar-refractivity contribution is 0.560. The van der Waals surface area contributed by atoms with Crippen molar-refractivity contribution in [1.29, 1.82) is 0 Å². The molecule has 0 aliphatic carbocycles. The first-order chi connectivity index (χ1) is 9.46. The predicted octanol–water partition coefficient (Wildman–Crippen LogP) is 2.42. The molecule has 0 aliphatic heterocycles. The Kier molecular flexibility index (Phi) is 7.79. The number of nitrogens with one attached hydrogen (secondary N) is 1. The maximum absolute atomic E-state index is 12.0. The summed E-state index contributed by atoms with van der Waals surface area (Å²) < 4.78 is 26.7. The van der Waals surface area contributed by atoms with Gasteiger partial charge >= 0.3 is 0 Å². The number of hydrogen-bond acceptors (Lipinski definition) is 5. The maximum atomic E-state index is 12.0. The third-order valence-electron chi connectivity index (χ3n) is 2.71. The third kappa shape index (κ3) is 6.88. The van der Waals surface area contributed by atoms with Gasteiger partial charge in [-0.25, -0.2) is 13.1 Å². The maximum Gasteiger partial charge on any atom is 0.212 e. The highest BCUT2D eigenvalue weighted by Gasteiger charge is 2.15. The monoisotopic (exact) mass is 334 g/mol. The number of benzene rings is 1. The minimum absolute atomic E-state index is 0.0246. The molecule has 4 nitrogen and oxygen atoms in total. The standard InChI is InChI=1S/C13H22N2O2S3/c1-3-12(10-18-2)15-20(16,17)9-8-19-13-6-4-11(14)5-7-13/h4-7,12,15H,3,8-10,14H2,1-2H3. The van der Waals surface area contributed by atoms with Crippen LogP contribution in [-0.2, 0) is 10.0 Å². The normalized spacial score (nSPS) is 13.3. The Hall–Kier alpha value is -0.370. The fourth-order valence-corrected chi connectivity index (χ4v) is 5.06. The molecule has 1 atom stereocenters. The van der Waals surface area contributed by atoms with Crippen molar-refractivity contribution in [1.82, 2.24) is 4.72 Å². The van der Waals surface area contributed by atoms with Crippen molar-refractivity contribution in [2.45, 2.75) is 24.3 Å². The van der Waals surface area contributed by atoms with Crippen LogP contribution in [0.15, 0.2) is 29.2 Å². The highest BCUT2D eigenvalue weighted by Crippen LogP contribution is 2.19. The molecule has 1 rings (SSSR count). The van der Waals surface area contributed by atoms with E-state index in [2.05, 4.69) is 4.72 Å². The van der Waals surface area contributed by atoms with Gasteiger partial charge in [0.2, 0.25) is 10.0 Å². The topological polar surface area (TPSA) is 72.2 Å². The van der Waals surface area contributed by atoms with E-state index in [1.54, 1.807) is 11.8 Å². The number of nitrogen functional groups attached to an aromatic ring is 1. The van der Waals surface area contributed by atoms with Gasteiger partial charge < -0.3 is 5.73 Å². The fraction of sp³-hybridized carbons (Fsp3) is 0.538. The van der Waals surface area contributed by atoms with E-state index in [0.717, 1.165) is 17.1 Å². The van der Waals surface area contributed by atoms with Crippen LogP contribution in [0, 0.1) is 0 Å². The van der Waals surface area contributed by atoms with E-state index in [4.69, 9.17) is 5.73 Å².